The maximum Gasteiger partial charge on any atom is 0.337 e. The Hall–Kier alpha value is -3.94. The van der Waals surface area contributed by atoms with Gasteiger partial charge in [-0.3, -0.25) is 4.79 Å². The first-order valence-corrected chi connectivity index (χ1v) is 12.8. The number of dihydropyridines is 1. The monoisotopic (exact) mass is 521 g/mol. The van der Waals surface area contributed by atoms with Gasteiger partial charge in [0.25, 0.3) is 0 Å². The van der Waals surface area contributed by atoms with E-state index >= 15 is 0 Å². The lowest BCUT2D eigenvalue weighted by Gasteiger charge is -2.37. The summed E-state index contributed by atoms with van der Waals surface area (Å²) in [5.41, 5.74) is 3.97. The van der Waals surface area contributed by atoms with Crippen molar-refractivity contribution in [1.29, 1.82) is 0 Å². The topological polar surface area (TPSA) is 103 Å². The van der Waals surface area contributed by atoms with Crippen LogP contribution >= 0.6 is 0 Å². The lowest BCUT2D eigenvalue weighted by atomic mass is 9.71. The first-order valence-electron chi connectivity index (χ1n) is 12.8. The molecule has 2 aromatic rings. The van der Waals surface area contributed by atoms with E-state index in [-0.39, 0.29) is 35.7 Å². The highest BCUT2D eigenvalue weighted by Gasteiger charge is 2.42. The van der Waals surface area contributed by atoms with Crippen molar-refractivity contribution in [3.8, 4) is 23.0 Å². The predicted octanol–water partition coefficient (Wildman–Crippen LogP) is 5.12. The molecule has 1 heterocycles. The van der Waals surface area contributed by atoms with Gasteiger partial charge in [0.1, 0.15) is 0 Å². The Balaban J connectivity index is 1.80. The van der Waals surface area contributed by atoms with Crippen molar-refractivity contribution in [3.63, 3.8) is 0 Å². The standard InChI is InChI=1S/C30H35NO7/c1-7-16(2)38-30(34)27-17(3)31-21-12-20(18-9-11-24(35-4)26(14-18)37-6)13-23(33)29(21)28(27)19-8-10-22(32)25(15-19)36-5/h8-11,14-16,20,28,31-32H,7,12-13H2,1-6H3/t16-,20-,28+/m1/s1. The van der Waals surface area contributed by atoms with E-state index in [1.807, 2.05) is 39.0 Å². The van der Waals surface area contributed by atoms with Gasteiger partial charge < -0.3 is 29.4 Å². The molecule has 8 nitrogen and oxygen atoms in total. The van der Waals surface area contributed by atoms with E-state index in [0.717, 1.165) is 11.3 Å². The highest BCUT2D eigenvalue weighted by atomic mass is 16.5. The van der Waals surface area contributed by atoms with Gasteiger partial charge in [-0.15, -0.1) is 0 Å². The van der Waals surface area contributed by atoms with Crippen molar-refractivity contribution in [1.82, 2.24) is 5.32 Å². The molecule has 0 saturated heterocycles. The number of nitrogens with one attached hydrogen (secondary N) is 1. The van der Waals surface area contributed by atoms with Gasteiger partial charge in [-0.25, -0.2) is 4.79 Å². The highest BCUT2D eigenvalue weighted by Crippen LogP contribution is 2.47. The zero-order valence-electron chi connectivity index (χ0n) is 22.7. The van der Waals surface area contributed by atoms with E-state index in [4.69, 9.17) is 18.9 Å². The Morgan fingerprint density at radius 3 is 2.32 bits per heavy atom. The molecule has 38 heavy (non-hydrogen) atoms. The van der Waals surface area contributed by atoms with E-state index in [1.54, 1.807) is 26.4 Å². The van der Waals surface area contributed by atoms with Crippen molar-refractivity contribution >= 4 is 11.8 Å². The summed E-state index contributed by atoms with van der Waals surface area (Å²) >= 11 is 0. The predicted molar refractivity (Wildman–Crippen MR) is 143 cm³/mol. The molecular weight excluding hydrogens is 486 g/mol. The second-order valence-corrected chi connectivity index (χ2v) is 9.69. The maximum absolute atomic E-state index is 13.8. The lowest BCUT2D eigenvalue weighted by Crippen LogP contribution is -2.36. The summed E-state index contributed by atoms with van der Waals surface area (Å²) in [6, 6.07) is 10.6. The molecule has 2 N–H and O–H groups in total. The number of Topliss-reactive ketones (excluding diaryl/α,β-unsaturated/α-hetero) is 1. The molecule has 202 valence electrons. The number of phenolic OH excluding ortho intramolecular Hbond substituents is 1. The fourth-order valence-electron chi connectivity index (χ4n) is 5.19. The number of ether oxygens (including phenoxy) is 4. The molecule has 0 aromatic heterocycles. The fraction of sp³-hybridized carbons (Fsp3) is 0.400. The third kappa shape index (κ3) is 5.08. The number of esters is 1. The lowest BCUT2D eigenvalue weighted by molar-refractivity contribution is -0.144. The number of phenols is 1. The summed E-state index contributed by atoms with van der Waals surface area (Å²) in [6.45, 7) is 5.61. The summed E-state index contributed by atoms with van der Waals surface area (Å²) in [5, 5.41) is 13.6. The second-order valence-electron chi connectivity index (χ2n) is 9.69. The summed E-state index contributed by atoms with van der Waals surface area (Å²) in [7, 11) is 4.63. The van der Waals surface area contributed by atoms with Crippen LogP contribution in [0.1, 0.15) is 63.0 Å². The number of hydrogen-bond acceptors (Lipinski definition) is 8. The third-order valence-corrected chi connectivity index (χ3v) is 7.35. The number of rotatable bonds is 8. The van der Waals surface area contributed by atoms with Gasteiger partial charge in [0, 0.05) is 29.3 Å². The van der Waals surface area contributed by atoms with E-state index in [1.165, 1.54) is 13.2 Å². The van der Waals surface area contributed by atoms with Crippen molar-refractivity contribution < 1.29 is 33.6 Å². The number of benzene rings is 2. The molecule has 0 radical (unpaired) electrons. The van der Waals surface area contributed by atoms with Crippen LogP contribution in [-0.2, 0) is 14.3 Å². The minimum Gasteiger partial charge on any atom is -0.504 e. The number of hydrogen-bond donors (Lipinski definition) is 2. The molecule has 2 aromatic carbocycles. The van der Waals surface area contributed by atoms with Crippen molar-refractivity contribution in [2.24, 2.45) is 0 Å². The SMILES string of the molecule is CC[C@@H](C)OC(=O)C1=C(C)NC2=C(C(=O)C[C@H](c3ccc(OC)c(OC)c3)C2)[C@H]1c1ccc(O)c(OC)c1. The first-order chi connectivity index (χ1) is 18.2. The average Bonchev–Trinajstić information content (AvgIpc) is 2.91. The van der Waals surface area contributed by atoms with E-state index < -0.39 is 11.9 Å². The van der Waals surface area contributed by atoms with Gasteiger partial charge >= 0.3 is 5.97 Å². The number of allylic oxidation sites excluding steroid dienone is 3. The van der Waals surface area contributed by atoms with Crippen LogP contribution in [0.3, 0.4) is 0 Å². The van der Waals surface area contributed by atoms with E-state index in [0.29, 0.717) is 46.7 Å². The Bertz CT molecular complexity index is 1310. The molecule has 0 bridgehead atoms. The third-order valence-electron chi connectivity index (χ3n) is 7.35. The van der Waals surface area contributed by atoms with Gasteiger partial charge in [0.2, 0.25) is 0 Å². The van der Waals surface area contributed by atoms with Crippen LogP contribution in [0.25, 0.3) is 0 Å². The van der Waals surface area contributed by atoms with Crippen molar-refractivity contribution in [3.05, 3.63) is 70.1 Å². The van der Waals surface area contributed by atoms with E-state index in [2.05, 4.69) is 5.32 Å². The molecule has 2 aliphatic rings. The Labute approximate surface area is 223 Å². The number of methoxy groups -OCH3 is 3. The highest BCUT2D eigenvalue weighted by molar-refractivity contribution is 6.04. The van der Waals surface area contributed by atoms with Crippen LogP contribution < -0.4 is 19.5 Å². The molecule has 8 heteroatoms. The molecule has 0 saturated carbocycles. The van der Waals surface area contributed by atoms with Crippen LogP contribution in [0.5, 0.6) is 23.0 Å². The zero-order chi connectivity index (χ0) is 27.6. The van der Waals surface area contributed by atoms with Crippen LogP contribution in [0.4, 0.5) is 0 Å². The van der Waals surface area contributed by atoms with Gasteiger partial charge in [0.15, 0.2) is 28.8 Å². The molecule has 4 rings (SSSR count). The second kappa shape index (κ2) is 11.2. The summed E-state index contributed by atoms with van der Waals surface area (Å²) in [5.74, 6) is 0.211. The summed E-state index contributed by atoms with van der Waals surface area (Å²) in [4.78, 5) is 27.3. The first kappa shape index (κ1) is 27.1. The van der Waals surface area contributed by atoms with E-state index in [9.17, 15) is 14.7 Å². The number of aromatic hydroxyl groups is 1. The van der Waals surface area contributed by atoms with Crippen LogP contribution in [0.2, 0.25) is 0 Å². The molecular formula is C30H35NO7. The number of carbonyl (C=O) groups is 2. The molecule has 1 aliphatic carbocycles. The van der Waals surface area contributed by atoms with Crippen molar-refractivity contribution in [2.45, 2.75) is 58.0 Å². The molecule has 3 atom stereocenters. The molecule has 0 unspecified atom stereocenters. The van der Waals surface area contributed by atoms with Crippen molar-refractivity contribution in [2.75, 3.05) is 21.3 Å². The number of carbonyl (C=O) groups excluding carboxylic acids is 2. The molecule has 0 fully saturated rings. The maximum atomic E-state index is 13.8. The molecule has 0 amide bonds. The molecule has 0 spiro atoms. The normalized spacial score (nSPS) is 19.9. The minimum absolute atomic E-state index is 0.0210. The fourth-order valence-corrected chi connectivity index (χ4v) is 5.19. The smallest absolute Gasteiger partial charge is 0.337 e. The zero-order valence-corrected chi connectivity index (χ0v) is 22.7. The largest absolute Gasteiger partial charge is 0.504 e. The van der Waals surface area contributed by atoms with Crippen LogP contribution in [0, 0.1) is 0 Å². The summed E-state index contributed by atoms with van der Waals surface area (Å²) in [6.07, 6.45) is 1.25. The average molecular weight is 522 g/mol. The minimum atomic E-state index is -0.656. The number of ketones is 1. The Morgan fingerprint density at radius 2 is 1.66 bits per heavy atom. The van der Waals surface area contributed by atoms with Gasteiger partial charge in [-0.2, -0.15) is 0 Å². The quantitative estimate of drug-likeness (QED) is 0.462. The van der Waals surface area contributed by atoms with Gasteiger partial charge in [-0.1, -0.05) is 19.1 Å². The summed E-state index contributed by atoms with van der Waals surface area (Å²) < 4.78 is 21.9. The van der Waals surface area contributed by atoms with Crippen LogP contribution in [0.15, 0.2) is 58.9 Å². The van der Waals surface area contributed by atoms with Crippen LogP contribution in [-0.4, -0.2) is 44.3 Å². The Morgan fingerprint density at radius 1 is 1.00 bits per heavy atom. The van der Waals surface area contributed by atoms with Gasteiger partial charge in [-0.05, 0) is 68.0 Å². The Kier molecular flexibility index (Phi) is 7.99. The van der Waals surface area contributed by atoms with Gasteiger partial charge in [0.05, 0.1) is 33.0 Å². The molecule has 1 aliphatic heterocycles.